The van der Waals surface area contributed by atoms with Gasteiger partial charge in [-0.25, -0.2) is 13.2 Å². The molecular formula is C19H19NO6S. The number of fused-ring (bicyclic) bond motifs is 1. The van der Waals surface area contributed by atoms with Gasteiger partial charge < -0.3 is 9.15 Å². The standard InChI is InChI=1S/C19H19NO6S/c1-27(23,24)20-10-2-4-14-12-15(6-8-17(14)20)18(21)13-26-19(22)9-7-16-5-3-11-25-16/h3,5-9,11-12H,2,4,10,13H2,1H3/b9-7+. The number of esters is 1. The minimum atomic E-state index is -3.36. The maximum Gasteiger partial charge on any atom is 0.331 e. The number of hydrogen-bond acceptors (Lipinski definition) is 6. The van der Waals surface area contributed by atoms with Crippen molar-refractivity contribution in [2.75, 3.05) is 23.7 Å². The fourth-order valence-corrected chi connectivity index (χ4v) is 3.88. The van der Waals surface area contributed by atoms with Crippen molar-refractivity contribution >= 4 is 33.5 Å². The summed E-state index contributed by atoms with van der Waals surface area (Å²) >= 11 is 0. The van der Waals surface area contributed by atoms with E-state index >= 15 is 0 Å². The first-order chi connectivity index (χ1) is 12.8. The fraction of sp³-hybridized carbons (Fsp3) is 0.263. The van der Waals surface area contributed by atoms with Gasteiger partial charge in [0, 0.05) is 18.2 Å². The highest BCUT2D eigenvalue weighted by Gasteiger charge is 2.24. The van der Waals surface area contributed by atoms with Crippen LogP contribution in [-0.2, 0) is 26.0 Å². The van der Waals surface area contributed by atoms with Crippen molar-refractivity contribution < 1.29 is 27.2 Å². The topological polar surface area (TPSA) is 93.9 Å². The number of aryl methyl sites for hydroxylation is 1. The minimum absolute atomic E-state index is 0.353. The van der Waals surface area contributed by atoms with Gasteiger partial charge in [0.15, 0.2) is 12.4 Å². The van der Waals surface area contributed by atoms with Gasteiger partial charge in [-0.05, 0) is 54.8 Å². The molecule has 0 bridgehead atoms. The number of hydrogen-bond donors (Lipinski definition) is 0. The third kappa shape index (κ3) is 4.65. The molecule has 0 aliphatic carbocycles. The zero-order chi connectivity index (χ0) is 19.4. The minimum Gasteiger partial charge on any atom is -0.465 e. The van der Waals surface area contributed by atoms with Gasteiger partial charge in [0.05, 0.1) is 18.2 Å². The molecule has 8 heteroatoms. The van der Waals surface area contributed by atoms with Crippen molar-refractivity contribution in [3.8, 4) is 0 Å². The van der Waals surface area contributed by atoms with E-state index in [0.717, 1.165) is 11.8 Å². The number of carbonyl (C=O) groups excluding carboxylic acids is 2. The fourth-order valence-electron chi connectivity index (χ4n) is 2.88. The van der Waals surface area contributed by atoms with E-state index in [1.165, 1.54) is 22.7 Å². The molecular weight excluding hydrogens is 370 g/mol. The third-order valence-electron chi connectivity index (χ3n) is 4.15. The van der Waals surface area contributed by atoms with Crippen LogP contribution in [0.2, 0.25) is 0 Å². The molecule has 0 amide bonds. The zero-order valence-electron chi connectivity index (χ0n) is 14.8. The zero-order valence-corrected chi connectivity index (χ0v) is 15.6. The lowest BCUT2D eigenvalue weighted by Gasteiger charge is -2.29. The summed E-state index contributed by atoms with van der Waals surface area (Å²) in [6.45, 7) is 0.0364. The number of furan rings is 1. The Morgan fingerprint density at radius 3 is 2.81 bits per heavy atom. The van der Waals surface area contributed by atoms with Crippen molar-refractivity contribution in [2.45, 2.75) is 12.8 Å². The second-order valence-electron chi connectivity index (χ2n) is 6.16. The Bertz CT molecular complexity index is 976. The van der Waals surface area contributed by atoms with E-state index < -0.39 is 22.6 Å². The van der Waals surface area contributed by atoms with Gasteiger partial charge in [0.2, 0.25) is 10.0 Å². The quantitative estimate of drug-likeness (QED) is 0.428. The highest BCUT2D eigenvalue weighted by atomic mass is 32.2. The summed E-state index contributed by atoms with van der Waals surface area (Å²) in [6.07, 6.45) is 6.65. The largest absolute Gasteiger partial charge is 0.465 e. The van der Waals surface area contributed by atoms with Crippen molar-refractivity contribution in [3.63, 3.8) is 0 Å². The van der Waals surface area contributed by atoms with E-state index in [1.54, 1.807) is 30.3 Å². The van der Waals surface area contributed by atoms with Gasteiger partial charge in [-0.2, -0.15) is 0 Å². The molecule has 0 radical (unpaired) electrons. The van der Waals surface area contributed by atoms with Crippen LogP contribution in [-0.4, -0.2) is 39.6 Å². The second kappa shape index (κ2) is 7.79. The van der Waals surface area contributed by atoms with Crippen LogP contribution in [0.3, 0.4) is 0 Å². The Labute approximate surface area is 157 Å². The van der Waals surface area contributed by atoms with Crippen LogP contribution in [0, 0.1) is 0 Å². The molecule has 0 unspecified atom stereocenters. The van der Waals surface area contributed by atoms with E-state index in [9.17, 15) is 18.0 Å². The maximum atomic E-state index is 12.3. The van der Waals surface area contributed by atoms with E-state index in [-0.39, 0.29) is 5.78 Å². The molecule has 2 heterocycles. The molecule has 142 valence electrons. The van der Waals surface area contributed by atoms with E-state index in [1.807, 2.05) is 0 Å². The highest BCUT2D eigenvalue weighted by molar-refractivity contribution is 7.92. The molecule has 1 aromatic heterocycles. The molecule has 1 aromatic carbocycles. The van der Waals surface area contributed by atoms with Gasteiger partial charge in [0.25, 0.3) is 0 Å². The summed E-state index contributed by atoms with van der Waals surface area (Å²) in [7, 11) is -3.36. The SMILES string of the molecule is CS(=O)(=O)N1CCCc2cc(C(=O)COC(=O)/C=C/c3ccco3)ccc21. The van der Waals surface area contributed by atoms with Crippen LogP contribution in [0.15, 0.2) is 47.1 Å². The molecule has 0 saturated heterocycles. The monoisotopic (exact) mass is 389 g/mol. The van der Waals surface area contributed by atoms with E-state index in [4.69, 9.17) is 9.15 Å². The molecule has 0 spiro atoms. The first kappa shape index (κ1) is 18.9. The molecule has 2 aromatic rings. The molecule has 0 saturated carbocycles. The predicted octanol–water partition coefficient (Wildman–Crippen LogP) is 2.43. The Kier molecular flexibility index (Phi) is 5.46. The van der Waals surface area contributed by atoms with E-state index in [0.29, 0.717) is 36.4 Å². The number of nitrogens with zero attached hydrogens (tertiary/aromatic N) is 1. The van der Waals surface area contributed by atoms with E-state index in [2.05, 4.69) is 0 Å². The molecule has 0 atom stereocenters. The predicted molar refractivity (Wildman–Crippen MR) is 100.0 cm³/mol. The Morgan fingerprint density at radius 1 is 1.30 bits per heavy atom. The average molecular weight is 389 g/mol. The number of sulfonamides is 1. The number of carbonyl (C=O) groups is 2. The normalized spacial score (nSPS) is 14.2. The lowest BCUT2D eigenvalue weighted by atomic mass is 9.99. The first-order valence-electron chi connectivity index (χ1n) is 8.37. The summed E-state index contributed by atoms with van der Waals surface area (Å²) in [6, 6.07) is 8.22. The smallest absolute Gasteiger partial charge is 0.331 e. The number of rotatable bonds is 6. The Balaban J connectivity index is 1.65. The summed E-state index contributed by atoms with van der Waals surface area (Å²) in [5.74, 6) is -0.501. The molecule has 1 aliphatic rings. The first-order valence-corrected chi connectivity index (χ1v) is 10.2. The van der Waals surface area contributed by atoms with Gasteiger partial charge in [-0.1, -0.05) is 0 Å². The van der Waals surface area contributed by atoms with Crippen molar-refractivity contribution in [2.24, 2.45) is 0 Å². The second-order valence-corrected chi connectivity index (χ2v) is 8.07. The Hall–Kier alpha value is -2.87. The van der Waals surface area contributed by atoms with Crippen molar-refractivity contribution in [1.82, 2.24) is 0 Å². The molecule has 7 nitrogen and oxygen atoms in total. The Morgan fingerprint density at radius 2 is 2.11 bits per heavy atom. The van der Waals surface area contributed by atoms with Crippen LogP contribution >= 0.6 is 0 Å². The van der Waals surface area contributed by atoms with Crippen molar-refractivity contribution in [1.29, 1.82) is 0 Å². The van der Waals surface area contributed by atoms with Crippen molar-refractivity contribution in [3.05, 3.63) is 59.6 Å². The summed E-state index contributed by atoms with van der Waals surface area (Å²) in [5.41, 5.74) is 1.77. The molecule has 1 aliphatic heterocycles. The number of anilines is 1. The summed E-state index contributed by atoms with van der Waals surface area (Å²) in [5, 5.41) is 0. The molecule has 0 fully saturated rings. The van der Waals surface area contributed by atoms with Crippen LogP contribution < -0.4 is 4.31 Å². The van der Waals surface area contributed by atoms with Crippen LogP contribution in [0.5, 0.6) is 0 Å². The van der Waals surface area contributed by atoms with Gasteiger partial charge in [-0.3, -0.25) is 9.10 Å². The lowest BCUT2D eigenvalue weighted by Crippen LogP contribution is -2.34. The summed E-state index contributed by atoms with van der Waals surface area (Å²) in [4.78, 5) is 24.0. The highest BCUT2D eigenvalue weighted by Crippen LogP contribution is 2.30. The molecule has 3 rings (SSSR count). The summed E-state index contributed by atoms with van der Waals surface area (Å²) < 4.78 is 35.1. The number of ketones is 1. The lowest BCUT2D eigenvalue weighted by molar-refractivity contribution is -0.136. The van der Waals surface area contributed by atoms with Crippen LogP contribution in [0.4, 0.5) is 5.69 Å². The van der Waals surface area contributed by atoms with Gasteiger partial charge >= 0.3 is 5.97 Å². The van der Waals surface area contributed by atoms with Crippen LogP contribution in [0.25, 0.3) is 6.08 Å². The average Bonchev–Trinajstić information content (AvgIpc) is 3.16. The van der Waals surface area contributed by atoms with Gasteiger partial charge in [-0.15, -0.1) is 0 Å². The third-order valence-corrected chi connectivity index (χ3v) is 5.33. The number of Topliss-reactive ketones (excluding diaryl/α,β-unsaturated/α-hetero) is 1. The number of ether oxygens (including phenoxy) is 1. The number of benzene rings is 1. The van der Waals surface area contributed by atoms with Crippen LogP contribution in [0.1, 0.15) is 28.1 Å². The van der Waals surface area contributed by atoms with Gasteiger partial charge in [0.1, 0.15) is 5.76 Å². The molecule has 0 N–H and O–H groups in total. The molecule has 27 heavy (non-hydrogen) atoms. The maximum absolute atomic E-state index is 12.3.